The van der Waals surface area contributed by atoms with E-state index in [2.05, 4.69) is 9.97 Å². The Labute approximate surface area is 100 Å². The molecular weight excluding hydrogens is 241 g/mol. The Balaban J connectivity index is 2.22. The molecular formula is C13H7F3N2. The van der Waals surface area contributed by atoms with Gasteiger partial charge in [0, 0.05) is 0 Å². The zero-order valence-electron chi connectivity index (χ0n) is 9.05. The fraction of sp³-hybridized carbons (Fsp3) is 0. The SMILES string of the molecule is Fc1ccc2nc(-c3cccc(F)c3F)[nH]c2c1. The van der Waals surface area contributed by atoms with Gasteiger partial charge in [-0.2, -0.15) is 0 Å². The van der Waals surface area contributed by atoms with Crippen molar-refractivity contribution >= 4 is 11.0 Å². The van der Waals surface area contributed by atoms with Crippen LogP contribution in [0.2, 0.25) is 0 Å². The van der Waals surface area contributed by atoms with E-state index in [4.69, 9.17) is 0 Å². The van der Waals surface area contributed by atoms with Crippen LogP contribution < -0.4 is 0 Å². The Kier molecular flexibility index (Phi) is 2.33. The third kappa shape index (κ3) is 1.64. The summed E-state index contributed by atoms with van der Waals surface area (Å²) in [5.41, 5.74) is 0.954. The number of H-pyrrole nitrogens is 1. The molecule has 0 amide bonds. The molecule has 2 aromatic carbocycles. The summed E-state index contributed by atoms with van der Waals surface area (Å²) < 4.78 is 39.7. The number of rotatable bonds is 1. The average Bonchev–Trinajstić information content (AvgIpc) is 2.75. The number of nitrogens with zero attached hydrogens (tertiary/aromatic N) is 1. The molecule has 90 valence electrons. The van der Waals surface area contributed by atoms with E-state index >= 15 is 0 Å². The van der Waals surface area contributed by atoms with Gasteiger partial charge in [-0.05, 0) is 30.3 Å². The highest BCUT2D eigenvalue weighted by Crippen LogP contribution is 2.24. The van der Waals surface area contributed by atoms with E-state index < -0.39 is 17.5 Å². The van der Waals surface area contributed by atoms with Gasteiger partial charge in [0.25, 0.3) is 0 Å². The summed E-state index contributed by atoms with van der Waals surface area (Å²) in [4.78, 5) is 6.86. The second-order valence-corrected chi connectivity index (χ2v) is 3.85. The smallest absolute Gasteiger partial charge is 0.169 e. The highest BCUT2D eigenvalue weighted by molar-refractivity contribution is 5.79. The van der Waals surface area contributed by atoms with E-state index in [1.807, 2.05) is 0 Å². The summed E-state index contributed by atoms with van der Waals surface area (Å²) in [6.07, 6.45) is 0. The summed E-state index contributed by atoms with van der Waals surface area (Å²) in [5, 5.41) is 0. The number of imidazole rings is 1. The maximum Gasteiger partial charge on any atom is 0.169 e. The van der Waals surface area contributed by atoms with Crippen LogP contribution >= 0.6 is 0 Å². The van der Waals surface area contributed by atoms with Crippen molar-refractivity contribution in [2.45, 2.75) is 0 Å². The minimum atomic E-state index is -0.975. The van der Waals surface area contributed by atoms with Gasteiger partial charge in [-0.1, -0.05) is 6.07 Å². The highest BCUT2D eigenvalue weighted by Gasteiger charge is 2.13. The van der Waals surface area contributed by atoms with Crippen molar-refractivity contribution < 1.29 is 13.2 Å². The van der Waals surface area contributed by atoms with E-state index in [0.29, 0.717) is 11.0 Å². The van der Waals surface area contributed by atoms with Gasteiger partial charge in [0.05, 0.1) is 16.6 Å². The predicted octanol–water partition coefficient (Wildman–Crippen LogP) is 3.65. The van der Waals surface area contributed by atoms with Gasteiger partial charge in [-0.15, -0.1) is 0 Å². The van der Waals surface area contributed by atoms with Gasteiger partial charge in [-0.3, -0.25) is 0 Å². The summed E-state index contributed by atoms with van der Waals surface area (Å²) in [5.74, 6) is -2.17. The predicted molar refractivity (Wildman–Crippen MR) is 61.4 cm³/mol. The van der Waals surface area contributed by atoms with Crippen molar-refractivity contribution in [3.05, 3.63) is 53.8 Å². The third-order valence-electron chi connectivity index (χ3n) is 2.65. The Morgan fingerprint density at radius 3 is 2.67 bits per heavy atom. The average molecular weight is 248 g/mol. The molecule has 3 aromatic rings. The lowest BCUT2D eigenvalue weighted by atomic mass is 10.2. The number of fused-ring (bicyclic) bond motifs is 1. The van der Waals surface area contributed by atoms with Gasteiger partial charge >= 0.3 is 0 Å². The molecule has 0 atom stereocenters. The van der Waals surface area contributed by atoms with E-state index in [1.54, 1.807) is 0 Å². The Morgan fingerprint density at radius 1 is 1.00 bits per heavy atom. The second kappa shape index (κ2) is 3.87. The number of halogens is 3. The van der Waals surface area contributed by atoms with Crippen LogP contribution in [0.5, 0.6) is 0 Å². The first-order valence-electron chi connectivity index (χ1n) is 5.25. The normalized spacial score (nSPS) is 11.1. The topological polar surface area (TPSA) is 28.7 Å². The standard InChI is InChI=1S/C13H7F3N2/c14-7-4-5-10-11(6-7)18-13(17-10)8-2-1-3-9(15)12(8)16/h1-6H,(H,17,18). The third-order valence-corrected chi connectivity index (χ3v) is 2.65. The molecule has 0 unspecified atom stereocenters. The Morgan fingerprint density at radius 2 is 1.83 bits per heavy atom. The second-order valence-electron chi connectivity index (χ2n) is 3.85. The van der Waals surface area contributed by atoms with Crippen LogP contribution in [0.1, 0.15) is 0 Å². The first kappa shape index (κ1) is 10.8. The molecule has 3 rings (SSSR count). The van der Waals surface area contributed by atoms with Crippen molar-refractivity contribution in [1.29, 1.82) is 0 Å². The van der Waals surface area contributed by atoms with Crippen LogP contribution in [0.25, 0.3) is 22.4 Å². The van der Waals surface area contributed by atoms with Crippen LogP contribution in [-0.4, -0.2) is 9.97 Å². The maximum absolute atomic E-state index is 13.6. The molecule has 0 bridgehead atoms. The monoisotopic (exact) mass is 248 g/mol. The van der Waals surface area contributed by atoms with Crippen molar-refractivity contribution in [3.63, 3.8) is 0 Å². The summed E-state index contributed by atoms with van der Waals surface area (Å²) >= 11 is 0. The van der Waals surface area contributed by atoms with Crippen molar-refractivity contribution in [1.82, 2.24) is 9.97 Å². The zero-order chi connectivity index (χ0) is 12.7. The molecule has 0 aliphatic heterocycles. The molecule has 0 aliphatic rings. The zero-order valence-corrected chi connectivity index (χ0v) is 9.05. The highest BCUT2D eigenvalue weighted by atomic mass is 19.2. The maximum atomic E-state index is 13.6. The summed E-state index contributed by atoms with van der Waals surface area (Å²) in [7, 11) is 0. The fourth-order valence-corrected chi connectivity index (χ4v) is 1.80. The largest absolute Gasteiger partial charge is 0.338 e. The van der Waals surface area contributed by atoms with E-state index in [9.17, 15) is 13.2 Å². The van der Waals surface area contributed by atoms with E-state index in [0.717, 1.165) is 6.07 Å². The van der Waals surface area contributed by atoms with Gasteiger partial charge in [0.15, 0.2) is 11.6 Å². The minimum Gasteiger partial charge on any atom is -0.338 e. The molecule has 0 aliphatic carbocycles. The summed E-state index contributed by atoms with van der Waals surface area (Å²) in [6.45, 7) is 0. The van der Waals surface area contributed by atoms with Crippen molar-refractivity contribution in [2.24, 2.45) is 0 Å². The van der Waals surface area contributed by atoms with Crippen LogP contribution in [0.3, 0.4) is 0 Å². The molecule has 1 aromatic heterocycles. The molecule has 5 heteroatoms. The van der Waals surface area contributed by atoms with Gasteiger partial charge in [0.2, 0.25) is 0 Å². The lowest BCUT2D eigenvalue weighted by molar-refractivity contribution is 0.510. The number of hydrogen-bond donors (Lipinski definition) is 1. The molecule has 0 fully saturated rings. The number of benzene rings is 2. The van der Waals surface area contributed by atoms with Crippen LogP contribution in [0.15, 0.2) is 36.4 Å². The molecule has 2 nitrogen and oxygen atoms in total. The molecule has 0 saturated carbocycles. The molecule has 1 N–H and O–H groups in total. The first-order chi connectivity index (χ1) is 8.65. The van der Waals surface area contributed by atoms with Crippen molar-refractivity contribution in [2.75, 3.05) is 0 Å². The Bertz CT molecular complexity index is 734. The molecule has 1 heterocycles. The fourth-order valence-electron chi connectivity index (χ4n) is 1.80. The van der Waals surface area contributed by atoms with Gasteiger partial charge in [-0.25, -0.2) is 18.2 Å². The molecule has 0 saturated heterocycles. The van der Waals surface area contributed by atoms with Gasteiger partial charge in [0.1, 0.15) is 11.6 Å². The van der Waals surface area contributed by atoms with E-state index in [1.165, 1.54) is 30.3 Å². The van der Waals surface area contributed by atoms with E-state index in [-0.39, 0.29) is 11.4 Å². The van der Waals surface area contributed by atoms with Crippen molar-refractivity contribution in [3.8, 4) is 11.4 Å². The molecule has 0 radical (unpaired) electrons. The lowest BCUT2D eigenvalue weighted by Crippen LogP contribution is -1.90. The first-order valence-corrected chi connectivity index (χ1v) is 5.25. The number of aromatic amines is 1. The molecule has 0 spiro atoms. The number of hydrogen-bond acceptors (Lipinski definition) is 1. The Hall–Kier alpha value is -2.30. The van der Waals surface area contributed by atoms with Crippen LogP contribution in [-0.2, 0) is 0 Å². The minimum absolute atomic E-state index is 0.0200. The quantitative estimate of drug-likeness (QED) is 0.699. The summed E-state index contributed by atoms with van der Waals surface area (Å²) in [6, 6.07) is 7.81. The van der Waals surface area contributed by atoms with Crippen LogP contribution in [0.4, 0.5) is 13.2 Å². The van der Waals surface area contributed by atoms with Gasteiger partial charge < -0.3 is 4.98 Å². The van der Waals surface area contributed by atoms with Crippen LogP contribution in [0, 0.1) is 17.5 Å². The number of nitrogens with one attached hydrogen (secondary N) is 1. The molecule has 18 heavy (non-hydrogen) atoms. The number of aromatic nitrogens is 2. The lowest BCUT2D eigenvalue weighted by Gasteiger charge is -1.99.